The maximum Gasteiger partial charge on any atom is 0.389 e. The molecule has 1 saturated heterocycles. The van der Waals surface area contributed by atoms with Crippen LogP contribution in [0.15, 0.2) is 35.3 Å². The van der Waals surface area contributed by atoms with Crippen molar-refractivity contribution in [3.05, 3.63) is 40.8 Å². The molecule has 1 amide bonds. The maximum absolute atomic E-state index is 13.2. The van der Waals surface area contributed by atoms with Crippen molar-refractivity contribution in [3.63, 3.8) is 0 Å². The van der Waals surface area contributed by atoms with Crippen LogP contribution in [0.2, 0.25) is 0 Å². The number of rotatable bonds is 5. The minimum absolute atomic E-state index is 0.0686. The minimum atomic E-state index is -4.41. The monoisotopic (exact) mass is 480 g/mol. The Morgan fingerprint density at radius 1 is 1.21 bits per heavy atom. The molecule has 1 aliphatic heterocycles. The van der Waals surface area contributed by atoms with Crippen molar-refractivity contribution in [2.45, 2.75) is 63.8 Å². The molecule has 1 spiro atoms. The highest BCUT2D eigenvalue weighted by atomic mass is 19.4. The van der Waals surface area contributed by atoms with E-state index in [9.17, 15) is 27.9 Å². The van der Waals surface area contributed by atoms with E-state index < -0.39 is 35.4 Å². The molecule has 4 rings (SSSR count). The number of amides is 1. The van der Waals surface area contributed by atoms with Crippen LogP contribution in [0.4, 0.5) is 13.2 Å². The number of likely N-dealkylation sites (tertiary alicyclic amines) is 1. The summed E-state index contributed by atoms with van der Waals surface area (Å²) in [5.74, 6) is -1.13. The average Bonchev–Trinajstić information content (AvgIpc) is 3.26. The fraction of sp³-hybridized carbons (Fsp3) is 0.600. The number of hydrogen-bond donors (Lipinski definition) is 1. The van der Waals surface area contributed by atoms with Gasteiger partial charge in [0.05, 0.1) is 31.1 Å². The van der Waals surface area contributed by atoms with E-state index >= 15 is 0 Å². The van der Waals surface area contributed by atoms with Gasteiger partial charge in [-0.3, -0.25) is 9.59 Å². The largest absolute Gasteiger partial charge is 0.497 e. The molecular weight excluding hydrogens is 449 g/mol. The van der Waals surface area contributed by atoms with Crippen molar-refractivity contribution in [1.29, 1.82) is 0 Å². The number of halogens is 3. The molecule has 2 aliphatic rings. The molecule has 1 aromatic carbocycles. The van der Waals surface area contributed by atoms with Gasteiger partial charge in [-0.25, -0.2) is 0 Å². The summed E-state index contributed by atoms with van der Waals surface area (Å²) < 4.78 is 45.3. The Labute approximate surface area is 196 Å². The second kappa shape index (κ2) is 8.91. The molecular formula is C25H31F3N2O4. The van der Waals surface area contributed by atoms with Crippen LogP contribution >= 0.6 is 0 Å². The van der Waals surface area contributed by atoms with Gasteiger partial charge in [-0.15, -0.1) is 0 Å². The first-order chi connectivity index (χ1) is 16.0. The highest BCUT2D eigenvalue weighted by molar-refractivity contribution is 5.82. The summed E-state index contributed by atoms with van der Waals surface area (Å²) in [5, 5.41) is 13.1. The van der Waals surface area contributed by atoms with Crippen molar-refractivity contribution in [2.24, 2.45) is 11.3 Å². The lowest BCUT2D eigenvalue weighted by Crippen LogP contribution is -2.62. The second-order valence-electron chi connectivity index (χ2n) is 9.95. The van der Waals surface area contributed by atoms with Crippen molar-refractivity contribution >= 4 is 16.7 Å². The Balaban J connectivity index is 1.61. The van der Waals surface area contributed by atoms with Crippen molar-refractivity contribution < 1.29 is 27.8 Å². The first-order valence-electron chi connectivity index (χ1n) is 11.7. The van der Waals surface area contributed by atoms with E-state index in [1.807, 2.05) is 6.07 Å². The molecule has 1 saturated carbocycles. The standard InChI is InChI=1S/C25H31F3N2O4/c1-17(14-25(26,27)28)21(31)30-12-10-24(33,23(15-30)8-3-4-9-23)16-29-11-7-18-5-6-19(34-2)13-20(18)22(29)32/h5-7,11,13,17,33H,3-4,8-10,12,14-16H2,1-2H3/t17-,24?/m1/s1. The van der Waals surface area contributed by atoms with Crippen LogP contribution in [0.1, 0.15) is 45.4 Å². The van der Waals surface area contributed by atoms with E-state index in [4.69, 9.17) is 4.74 Å². The summed E-state index contributed by atoms with van der Waals surface area (Å²) in [4.78, 5) is 27.5. The van der Waals surface area contributed by atoms with E-state index in [1.54, 1.807) is 24.4 Å². The molecule has 0 bridgehead atoms. The number of pyridine rings is 1. The van der Waals surface area contributed by atoms with Crippen LogP contribution in [0, 0.1) is 11.3 Å². The summed E-state index contributed by atoms with van der Waals surface area (Å²) in [7, 11) is 1.53. The molecule has 34 heavy (non-hydrogen) atoms. The van der Waals surface area contributed by atoms with Gasteiger partial charge in [0.15, 0.2) is 0 Å². The molecule has 0 radical (unpaired) electrons. The van der Waals surface area contributed by atoms with E-state index in [0.717, 1.165) is 18.2 Å². The quantitative estimate of drug-likeness (QED) is 0.699. The zero-order chi connectivity index (χ0) is 24.7. The van der Waals surface area contributed by atoms with Gasteiger partial charge in [-0.1, -0.05) is 25.8 Å². The molecule has 9 heteroatoms. The highest BCUT2D eigenvalue weighted by Crippen LogP contribution is 2.51. The zero-order valence-corrected chi connectivity index (χ0v) is 19.5. The third kappa shape index (κ3) is 4.54. The molecule has 1 aliphatic carbocycles. The second-order valence-corrected chi connectivity index (χ2v) is 9.95. The first-order valence-corrected chi connectivity index (χ1v) is 11.7. The fourth-order valence-corrected chi connectivity index (χ4v) is 5.82. The van der Waals surface area contributed by atoms with Gasteiger partial charge in [0.2, 0.25) is 5.91 Å². The van der Waals surface area contributed by atoms with Crippen LogP contribution in [0.5, 0.6) is 5.75 Å². The Kier molecular flexibility index (Phi) is 6.44. The van der Waals surface area contributed by atoms with Gasteiger partial charge in [-0.2, -0.15) is 13.2 Å². The van der Waals surface area contributed by atoms with Crippen LogP contribution in [-0.4, -0.2) is 52.5 Å². The molecule has 2 aromatic rings. The molecule has 2 atom stereocenters. The van der Waals surface area contributed by atoms with Gasteiger partial charge in [0.1, 0.15) is 5.75 Å². The van der Waals surface area contributed by atoms with E-state index in [2.05, 4.69) is 0 Å². The van der Waals surface area contributed by atoms with Crippen LogP contribution in [0.25, 0.3) is 10.8 Å². The molecule has 1 aromatic heterocycles. The number of piperidine rings is 1. The van der Waals surface area contributed by atoms with Gasteiger partial charge in [0, 0.05) is 30.6 Å². The van der Waals surface area contributed by atoms with Crippen molar-refractivity contribution in [2.75, 3.05) is 20.2 Å². The zero-order valence-electron chi connectivity index (χ0n) is 19.5. The summed E-state index contributed by atoms with van der Waals surface area (Å²) in [5.41, 5.74) is -2.14. The van der Waals surface area contributed by atoms with Crippen LogP contribution in [-0.2, 0) is 11.3 Å². The van der Waals surface area contributed by atoms with Gasteiger partial charge in [0.25, 0.3) is 5.56 Å². The summed E-state index contributed by atoms with van der Waals surface area (Å²) in [6.45, 7) is 1.75. The van der Waals surface area contributed by atoms with Crippen molar-refractivity contribution in [1.82, 2.24) is 9.47 Å². The SMILES string of the molecule is COc1ccc2ccn(CC3(O)CCN(C(=O)[C@H](C)CC(F)(F)F)CC34CCCC4)c(=O)c2c1. The lowest BCUT2D eigenvalue weighted by Gasteiger charge is -2.52. The summed E-state index contributed by atoms with van der Waals surface area (Å²) in [6, 6.07) is 7.07. The molecule has 186 valence electrons. The van der Waals surface area contributed by atoms with E-state index in [1.165, 1.54) is 23.5 Å². The highest BCUT2D eigenvalue weighted by Gasteiger charge is 2.56. The van der Waals surface area contributed by atoms with Gasteiger partial charge in [-0.05, 0) is 42.8 Å². The molecule has 2 fully saturated rings. The molecule has 1 N–H and O–H groups in total. The number of aliphatic hydroxyl groups is 1. The summed E-state index contributed by atoms with van der Waals surface area (Å²) >= 11 is 0. The molecule has 1 unspecified atom stereocenters. The minimum Gasteiger partial charge on any atom is -0.497 e. The lowest BCUT2D eigenvalue weighted by atomic mass is 9.65. The number of fused-ring (bicyclic) bond motifs is 1. The third-order valence-corrected chi connectivity index (χ3v) is 7.73. The predicted molar refractivity (Wildman–Crippen MR) is 122 cm³/mol. The van der Waals surface area contributed by atoms with E-state index in [0.29, 0.717) is 24.0 Å². The number of hydrogen-bond acceptors (Lipinski definition) is 4. The number of benzene rings is 1. The van der Waals surface area contributed by atoms with Crippen LogP contribution < -0.4 is 10.3 Å². The number of ether oxygens (including phenoxy) is 1. The predicted octanol–water partition coefficient (Wildman–Crippen LogP) is 4.12. The Morgan fingerprint density at radius 2 is 1.91 bits per heavy atom. The van der Waals surface area contributed by atoms with Crippen LogP contribution in [0.3, 0.4) is 0 Å². The van der Waals surface area contributed by atoms with Crippen molar-refractivity contribution in [3.8, 4) is 5.75 Å². The number of alkyl halides is 3. The fourth-order valence-electron chi connectivity index (χ4n) is 5.82. The van der Waals surface area contributed by atoms with Gasteiger partial charge >= 0.3 is 6.18 Å². The Bertz CT molecular complexity index is 1120. The van der Waals surface area contributed by atoms with E-state index in [-0.39, 0.29) is 31.6 Å². The normalized spacial score (nSPS) is 23.4. The number of carbonyl (C=O) groups is 1. The molecule has 6 nitrogen and oxygen atoms in total. The first kappa shape index (κ1) is 24.6. The smallest absolute Gasteiger partial charge is 0.389 e. The molecule has 2 heterocycles. The third-order valence-electron chi connectivity index (χ3n) is 7.73. The topological polar surface area (TPSA) is 71.8 Å². The Morgan fingerprint density at radius 3 is 2.56 bits per heavy atom. The maximum atomic E-state index is 13.2. The number of carbonyl (C=O) groups excluding carboxylic acids is 1. The Hall–Kier alpha value is -2.55. The lowest BCUT2D eigenvalue weighted by molar-refractivity contribution is -0.172. The average molecular weight is 481 g/mol. The number of nitrogens with zero attached hydrogens (tertiary/aromatic N) is 2. The summed E-state index contributed by atoms with van der Waals surface area (Å²) in [6.07, 6.45) is -0.625. The number of aromatic nitrogens is 1. The van der Waals surface area contributed by atoms with Gasteiger partial charge < -0.3 is 19.3 Å². The number of methoxy groups -OCH3 is 1.